The van der Waals surface area contributed by atoms with Gasteiger partial charge in [0.15, 0.2) is 0 Å². The molecule has 3 N–H and O–H groups in total. The van der Waals surface area contributed by atoms with E-state index in [0.29, 0.717) is 0 Å². The number of nitrogens with two attached hydrogens (primary N) is 1. The Bertz CT molecular complexity index is 232. The van der Waals surface area contributed by atoms with Crippen molar-refractivity contribution in [1.29, 1.82) is 0 Å². The molecule has 1 heterocycles. The fourth-order valence-electron chi connectivity index (χ4n) is 2.09. The number of aromatic nitrogens is 1. The zero-order chi connectivity index (χ0) is 8.44. The fourth-order valence-corrected chi connectivity index (χ4v) is 2.09. The second-order valence-electron chi connectivity index (χ2n) is 3.80. The largest absolute Gasteiger partial charge is 0.363 e. The van der Waals surface area contributed by atoms with Gasteiger partial charge in [0.1, 0.15) is 0 Å². The summed E-state index contributed by atoms with van der Waals surface area (Å²) in [5.41, 5.74) is 7.45. The first kappa shape index (κ1) is 7.87. The third kappa shape index (κ3) is 1.27. The summed E-state index contributed by atoms with van der Waals surface area (Å²) in [6, 6.07) is 4.13. The van der Waals surface area contributed by atoms with Gasteiger partial charge in [0.05, 0.1) is 5.54 Å². The van der Waals surface area contributed by atoms with E-state index in [1.807, 2.05) is 12.3 Å². The van der Waals surface area contributed by atoms with Gasteiger partial charge >= 0.3 is 0 Å². The molecule has 1 aliphatic rings. The van der Waals surface area contributed by atoms with Crippen LogP contribution >= 0.6 is 0 Å². The standard InChI is InChI=1S/C10H16N2/c11-10(6-2-1-3-7-10)9-5-4-8-12-9/h4-5,8,12H,1-3,6-7,11H2. The van der Waals surface area contributed by atoms with Crippen LogP contribution in [0.15, 0.2) is 18.3 Å². The Morgan fingerprint density at radius 2 is 2.00 bits per heavy atom. The maximum Gasteiger partial charge on any atom is 0.0561 e. The van der Waals surface area contributed by atoms with Gasteiger partial charge in [0.25, 0.3) is 0 Å². The number of aromatic amines is 1. The van der Waals surface area contributed by atoms with E-state index in [1.54, 1.807) is 0 Å². The van der Waals surface area contributed by atoms with Gasteiger partial charge in [-0.3, -0.25) is 0 Å². The van der Waals surface area contributed by atoms with Gasteiger partial charge in [0.2, 0.25) is 0 Å². The van der Waals surface area contributed by atoms with Crippen molar-refractivity contribution in [2.45, 2.75) is 37.6 Å². The molecule has 1 aromatic rings. The van der Waals surface area contributed by atoms with Crippen LogP contribution < -0.4 is 5.73 Å². The molecule has 0 radical (unpaired) electrons. The SMILES string of the molecule is NC1(c2ccc[nH]2)CCCCC1. The molecule has 1 aromatic heterocycles. The zero-order valence-corrected chi connectivity index (χ0v) is 7.34. The van der Waals surface area contributed by atoms with Gasteiger partial charge in [-0.2, -0.15) is 0 Å². The molecule has 0 bridgehead atoms. The molecule has 2 nitrogen and oxygen atoms in total. The summed E-state index contributed by atoms with van der Waals surface area (Å²) < 4.78 is 0. The number of H-pyrrole nitrogens is 1. The lowest BCUT2D eigenvalue weighted by Crippen LogP contribution is -2.38. The molecule has 0 amide bonds. The highest BCUT2D eigenvalue weighted by Crippen LogP contribution is 2.33. The highest BCUT2D eigenvalue weighted by atomic mass is 14.8. The summed E-state index contributed by atoms with van der Waals surface area (Å²) >= 11 is 0. The van der Waals surface area contributed by atoms with Crippen molar-refractivity contribution in [2.24, 2.45) is 5.73 Å². The lowest BCUT2D eigenvalue weighted by Gasteiger charge is -2.32. The Hall–Kier alpha value is -0.760. The van der Waals surface area contributed by atoms with Crippen LogP contribution in [0.3, 0.4) is 0 Å². The molecule has 1 fully saturated rings. The maximum atomic E-state index is 6.29. The molecule has 1 saturated carbocycles. The number of nitrogens with one attached hydrogen (secondary N) is 1. The lowest BCUT2D eigenvalue weighted by atomic mass is 9.80. The highest BCUT2D eigenvalue weighted by Gasteiger charge is 2.29. The fraction of sp³-hybridized carbons (Fsp3) is 0.600. The third-order valence-electron chi connectivity index (χ3n) is 2.88. The van der Waals surface area contributed by atoms with Crippen molar-refractivity contribution < 1.29 is 0 Å². The molecule has 0 atom stereocenters. The van der Waals surface area contributed by atoms with Gasteiger partial charge in [0, 0.05) is 11.9 Å². The van der Waals surface area contributed by atoms with Gasteiger partial charge in [-0.15, -0.1) is 0 Å². The second kappa shape index (κ2) is 2.94. The van der Waals surface area contributed by atoms with E-state index in [0.717, 1.165) is 12.8 Å². The summed E-state index contributed by atoms with van der Waals surface area (Å²) in [5, 5.41) is 0. The molecule has 2 heteroatoms. The first-order chi connectivity index (χ1) is 5.81. The van der Waals surface area contributed by atoms with E-state index in [1.165, 1.54) is 25.0 Å². The number of hydrogen-bond acceptors (Lipinski definition) is 1. The van der Waals surface area contributed by atoms with Crippen molar-refractivity contribution in [3.05, 3.63) is 24.0 Å². The van der Waals surface area contributed by atoms with Crippen LogP contribution in [-0.4, -0.2) is 4.98 Å². The van der Waals surface area contributed by atoms with Crippen LogP contribution in [0.2, 0.25) is 0 Å². The third-order valence-corrected chi connectivity index (χ3v) is 2.88. The Kier molecular flexibility index (Phi) is 1.93. The Morgan fingerprint density at radius 3 is 2.58 bits per heavy atom. The van der Waals surface area contributed by atoms with E-state index < -0.39 is 0 Å². The molecule has 12 heavy (non-hydrogen) atoms. The molecule has 66 valence electrons. The predicted octanol–water partition coefficient (Wildman–Crippen LogP) is 2.13. The van der Waals surface area contributed by atoms with Crippen LogP contribution in [-0.2, 0) is 5.54 Å². The highest BCUT2D eigenvalue weighted by molar-refractivity contribution is 5.16. The summed E-state index contributed by atoms with van der Waals surface area (Å²) in [6.07, 6.45) is 8.12. The van der Waals surface area contributed by atoms with Crippen molar-refractivity contribution in [3.8, 4) is 0 Å². The Morgan fingerprint density at radius 1 is 1.25 bits per heavy atom. The Labute approximate surface area is 73.2 Å². The molecule has 1 aliphatic carbocycles. The predicted molar refractivity (Wildman–Crippen MR) is 49.7 cm³/mol. The van der Waals surface area contributed by atoms with Crippen LogP contribution in [0, 0.1) is 0 Å². The first-order valence-corrected chi connectivity index (χ1v) is 4.74. The quantitative estimate of drug-likeness (QED) is 0.656. The van der Waals surface area contributed by atoms with Crippen molar-refractivity contribution in [2.75, 3.05) is 0 Å². The van der Waals surface area contributed by atoms with Crippen molar-refractivity contribution in [3.63, 3.8) is 0 Å². The monoisotopic (exact) mass is 164 g/mol. The summed E-state index contributed by atoms with van der Waals surface area (Å²) in [4.78, 5) is 3.22. The van der Waals surface area contributed by atoms with E-state index >= 15 is 0 Å². The zero-order valence-electron chi connectivity index (χ0n) is 7.34. The van der Waals surface area contributed by atoms with E-state index in [2.05, 4.69) is 11.1 Å². The minimum Gasteiger partial charge on any atom is -0.363 e. The van der Waals surface area contributed by atoms with E-state index in [9.17, 15) is 0 Å². The van der Waals surface area contributed by atoms with Crippen LogP contribution in [0.4, 0.5) is 0 Å². The van der Waals surface area contributed by atoms with Crippen molar-refractivity contribution >= 4 is 0 Å². The van der Waals surface area contributed by atoms with Gasteiger partial charge in [-0.1, -0.05) is 19.3 Å². The summed E-state index contributed by atoms with van der Waals surface area (Å²) in [5.74, 6) is 0. The Balaban J connectivity index is 2.19. The topological polar surface area (TPSA) is 41.8 Å². The lowest BCUT2D eigenvalue weighted by molar-refractivity contribution is 0.296. The minimum absolute atomic E-state index is 0.0538. The van der Waals surface area contributed by atoms with E-state index in [-0.39, 0.29) is 5.54 Å². The van der Waals surface area contributed by atoms with E-state index in [4.69, 9.17) is 5.73 Å². The average Bonchev–Trinajstić information content (AvgIpc) is 2.58. The molecule has 0 aliphatic heterocycles. The maximum absolute atomic E-state index is 6.29. The first-order valence-electron chi connectivity index (χ1n) is 4.74. The van der Waals surface area contributed by atoms with Gasteiger partial charge < -0.3 is 10.7 Å². The van der Waals surface area contributed by atoms with Gasteiger partial charge in [-0.25, -0.2) is 0 Å². The molecular weight excluding hydrogens is 148 g/mol. The smallest absolute Gasteiger partial charge is 0.0561 e. The molecular formula is C10H16N2. The average molecular weight is 164 g/mol. The summed E-state index contributed by atoms with van der Waals surface area (Å²) in [7, 11) is 0. The van der Waals surface area contributed by atoms with Crippen LogP contribution in [0.5, 0.6) is 0 Å². The minimum atomic E-state index is -0.0538. The summed E-state index contributed by atoms with van der Waals surface area (Å²) in [6.45, 7) is 0. The molecule has 0 saturated heterocycles. The van der Waals surface area contributed by atoms with Gasteiger partial charge in [-0.05, 0) is 25.0 Å². The van der Waals surface area contributed by atoms with Crippen molar-refractivity contribution in [1.82, 2.24) is 4.98 Å². The van der Waals surface area contributed by atoms with Crippen LogP contribution in [0.25, 0.3) is 0 Å². The molecule has 0 spiro atoms. The molecule has 2 rings (SSSR count). The second-order valence-corrected chi connectivity index (χ2v) is 3.80. The molecule has 0 aromatic carbocycles. The molecule has 0 unspecified atom stereocenters. The number of rotatable bonds is 1. The van der Waals surface area contributed by atoms with Crippen LogP contribution in [0.1, 0.15) is 37.8 Å². The normalized spacial score (nSPS) is 22.4. The number of hydrogen-bond donors (Lipinski definition) is 2.